The van der Waals surface area contributed by atoms with Crippen LogP contribution in [0.25, 0.3) is 16.3 Å². The van der Waals surface area contributed by atoms with Gasteiger partial charge in [0.2, 0.25) is 10.6 Å². The number of nitrogens with zero attached hydrogens (tertiary/aromatic N) is 5. The molecule has 5 aromatic rings. The molecule has 0 unspecified atom stereocenters. The van der Waals surface area contributed by atoms with Gasteiger partial charge in [-0.2, -0.15) is 10.2 Å². The Balaban J connectivity index is 1.56. The van der Waals surface area contributed by atoms with E-state index in [9.17, 15) is 4.79 Å². The monoisotopic (exact) mass is 495 g/mol. The van der Waals surface area contributed by atoms with Crippen LogP contribution in [0.5, 0.6) is 0 Å². The number of aromatic nitrogens is 3. The number of benzene rings is 3. The zero-order valence-electron chi connectivity index (χ0n) is 19.1. The van der Waals surface area contributed by atoms with Gasteiger partial charge in [-0.15, -0.1) is 16.4 Å². The lowest BCUT2D eigenvalue weighted by molar-refractivity contribution is 0.104. The molecule has 0 fully saturated rings. The zero-order chi connectivity index (χ0) is 24.2. The van der Waals surface area contributed by atoms with Crippen molar-refractivity contribution in [1.29, 1.82) is 0 Å². The Labute approximate surface area is 210 Å². The lowest BCUT2D eigenvalue weighted by atomic mass is 10.1. The molecule has 35 heavy (non-hydrogen) atoms. The third kappa shape index (κ3) is 4.94. The molecular formula is C27H21N5OS2. The standard InChI is InChI=1S/C27H21N5OS2/c1-18(20-12-6-3-7-13-20)29-30-27-32(22-16-10-5-11-17-22)31-26(35-27)23(33)24-19(2)28-25(34-24)21-14-8-4-9-15-21/h3-17H,1-2H3/b29-18+,30-27+. The van der Waals surface area contributed by atoms with E-state index in [-0.39, 0.29) is 5.78 Å². The van der Waals surface area contributed by atoms with Crippen molar-refractivity contribution in [1.82, 2.24) is 14.8 Å². The zero-order valence-corrected chi connectivity index (χ0v) is 20.8. The van der Waals surface area contributed by atoms with Crippen LogP contribution in [-0.2, 0) is 0 Å². The Morgan fingerprint density at radius 2 is 1.49 bits per heavy atom. The van der Waals surface area contributed by atoms with Crippen molar-refractivity contribution in [3.8, 4) is 16.3 Å². The van der Waals surface area contributed by atoms with E-state index < -0.39 is 0 Å². The molecule has 8 heteroatoms. The van der Waals surface area contributed by atoms with Gasteiger partial charge >= 0.3 is 0 Å². The second kappa shape index (κ2) is 10.1. The Bertz CT molecular complexity index is 1570. The highest BCUT2D eigenvalue weighted by Crippen LogP contribution is 2.29. The van der Waals surface area contributed by atoms with Crippen LogP contribution in [0.3, 0.4) is 0 Å². The van der Waals surface area contributed by atoms with E-state index >= 15 is 0 Å². The lowest BCUT2D eigenvalue weighted by Crippen LogP contribution is -2.14. The van der Waals surface area contributed by atoms with Gasteiger partial charge in [0.1, 0.15) is 9.88 Å². The summed E-state index contributed by atoms with van der Waals surface area (Å²) in [6, 6.07) is 29.3. The molecule has 0 saturated heterocycles. The molecule has 5 rings (SSSR count). The molecule has 0 aliphatic carbocycles. The smallest absolute Gasteiger partial charge is 0.235 e. The van der Waals surface area contributed by atoms with Crippen LogP contribution in [0.15, 0.2) is 101 Å². The number of para-hydroxylation sites is 1. The minimum atomic E-state index is -0.165. The van der Waals surface area contributed by atoms with Gasteiger partial charge in [0, 0.05) is 5.56 Å². The SMILES string of the molecule is C/C(=N\N=c1\sc(C(=O)c2sc(-c3ccccc3)nc2C)nn1-c1ccccc1)c1ccccc1. The van der Waals surface area contributed by atoms with E-state index in [1.54, 1.807) is 4.68 Å². The highest BCUT2D eigenvalue weighted by atomic mass is 32.1. The summed E-state index contributed by atoms with van der Waals surface area (Å²) < 4.78 is 1.66. The summed E-state index contributed by atoms with van der Waals surface area (Å²) in [5.74, 6) is -0.165. The number of carbonyl (C=O) groups is 1. The second-order valence-corrected chi connectivity index (χ2v) is 9.67. The molecule has 0 bridgehead atoms. The fourth-order valence-electron chi connectivity index (χ4n) is 3.44. The third-order valence-corrected chi connectivity index (χ3v) is 7.36. The molecule has 0 aliphatic rings. The van der Waals surface area contributed by atoms with Crippen LogP contribution in [0.1, 0.15) is 32.9 Å². The summed E-state index contributed by atoms with van der Waals surface area (Å²) in [5.41, 5.74) is 4.24. The van der Waals surface area contributed by atoms with Crippen molar-refractivity contribution < 1.29 is 4.79 Å². The molecule has 0 N–H and O–H groups in total. The van der Waals surface area contributed by atoms with Gasteiger partial charge in [0.25, 0.3) is 0 Å². The number of rotatable bonds is 6. The van der Waals surface area contributed by atoms with E-state index in [1.807, 2.05) is 105 Å². The second-order valence-electron chi connectivity index (χ2n) is 7.72. The van der Waals surface area contributed by atoms with E-state index in [4.69, 9.17) is 0 Å². The summed E-state index contributed by atoms with van der Waals surface area (Å²) in [6.07, 6.45) is 0. The van der Waals surface area contributed by atoms with Gasteiger partial charge in [-0.1, -0.05) is 90.2 Å². The molecule has 0 atom stereocenters. The average Bonchev–Trinajstić information content (AvgIpc) is 3.52. The van der Waals surface area contributed by atoms with Gasteiger partial charge in [0.05, 0.1) is 17.1 Å². The van der Waals surface area contributed by atoms with Crippen molar-refractivity contribution in [2.45, 2.75) is 13.8 Å². The highest BCUT2D eigenvalue weighted by Gasteiger charge is 2.22. The van der Waals surface area contributed by atoms with Crippen LogP contribution in [0.4, 0.5) is 0 Å². The summed E-state index contributed by atoms with van der Waals surface area (Å²) in [5, 5.41) is 14.7. The lowest BCUT2D eigenvalue weighted by Gasteiger charge is -2.00. The number of aryl methyl sites for hydroxylation is 1. The quantitative estimate of drug-likeness (QED) is 0.167. The predicted molar refractivity (Wildman–Crippen MR) is 141 cm³/mol. The highest BCUT2D eigenvalue weighted by molar-refractivity contribution is 7.18. The van der Waals surface area contributed by atoms with Crippen LogP contribution in [0, 0.1) is 6.92 Å². The first-order chi connectivity index (χ1) is 17.1. The van der Waals surface area contributed by atoms with Crippen molar-refractivity contribution in [3.05, 3.63) is 117 Å². The normalized spacial score (nSPS) is 12.2. The van der Waals surface area contributed by atoms with E-state index in [0.717, 1.165) is 27.5 Å². The Kier molecular flexibility index (Phi) is 6.56. The van der Waals surface area contributed by atoms with Crippen molar-refractivity contribution >= 4 is 34.2 Å². The molecule has 0 spiro atoms. The molecule has 0 saturated carbocycles. The molecular weight excluding hydrogens is 474 g/mol. The average molecular weight is 496 g/mol. The Hall–Kier alpha value is -4.01. The molecule has 2 aromatic heterocycles. The van der Waals surface area contributed by atoms with E-state index in [0.29, 0.717) is 20.4 Å². The Morgan fingerprint density at radius 1 is 0.857 bits per heavy atom. The van der Waals surface area contributed by atoms with Crippen LogP contribution < -0.4 is 4.80 Å². The van der Waals surface area contributed by atoms with Gasteiger partial charge in [-0.25, -0.2) is 9.67 Å². The topological polar surface area (TPSA) is 72.5 Å². The van der Waals surface area contributed by atoms with Crippen molar-refractivity contribution in [2.24, 2.45) is 10.2 Å². The molecule has 0 radical (unpaired) electrons. The minimum Gasteiger partial charge on any atom is -0.285 e. The maximum atomic E-state index is 13.5. The molecule has 3 aromatic carbocycles. The predicted octanol–water partition coefficient (Wildman–Crippen LogP) is 5.92. The summed E-state index contributed by atoms with van der Waals surface area (Å²) in [7, 11) is 0. The number of hydrogen-bond acceptors (Lipinski definition) is 7. The fourth-order valence-corrected chi connectivity index (χ4v) is 5.32. The fraction of sp³-hybridized carbons (Fsp3) is 0.0741. The summed E-state index contributed by atoms with van der Waals surface area (Å²) in [6.45, 7) is 3.76. The first kappa shape index (κ1) is 22.8. The largest absolute Gasteiger partial charge is 0.285 e. The Morgan fingerprint density at radius 3 is 2.17 bits per heavy atom. The van der Waals surface area contributed by atoms with Crippen molar-refractivity contribution in [3.63, 3.8) is 0 Å². The molecule has 2 heterocycles. The van der Waals surface area contributed by atoms with Crippen LogP contribution in [-0.4, -0.2) is 26.3 Å². The number of ketones is 1. The summed E-state index contributed by atoms with van der Waals surface area (Å²) in [4.78, 5) is 19.2. The third-order valence-electron chi connectivity index (χ3n) is 5.26. The molecule has 0 amide bonds. The molecule has 6 nitrogen and oxygen atoms in total. The van der Waals surface area contributed by atoms with Gasteiger partial charge in [-0.3, -0.25) is 4.79 Å². The number of carbonyl (C=O) groups excluding carboxylic acids is 1. The minimum absolute atomic E-state index is 0.165. The van der Waals surface area contributed by atoms with Crippen LogP contribution in [0.2, 0.25) is 0 Å². The van der Waals surface area contributed by atoms with E-state index in [1.165, 1.54) is 22.7 Å². The van der Waals surface area contributed by atoms with Crippen molar-refractivity contribution in [2.75, 3.05) is 0 Å². The van der Waals surface area contributed by atoms with E-state index in [2.05, 4.69) is 20.3 Å². The van der Waals surface area contributed by atoms with Gasteiger partial charge < -0.3 is 0 Å². The molecule has 172 valence electrons. The number of hydrogen-bond donors (Lipinski definition) is 0. The maximum Gasteiger partial charge on any atom is 0.235 e. The molecule has 0 aliphatic heterocycles. The first-order valence-corrected chi connectivity index (χ1v) is 12.6. The van der Waals surface area contributed by atoms with Gasteiger partial charge in [0.15, 0.2) is 5.01 Å². The number of thiazole rings is 1. The summed E-state index contributed by atoms with van der Waals surface area (Å²) >= 11 is 2.60. The van der Waals surface area contributed by atoms with Gasteiger partial charge in [-0.05, 0) is 31.5 Å². The first-order valence-electron chi connectivity index (χ1n) is 11.0. The van der Waals surface area contributed by atoms with Crippen LogP contribution >= 0.6 is 22.7 Å². The maximum absolute atomic E-state index is 13.5.